The number of piperidine rings is 1. The zero-order chi connectivity index (χ0) is 17.4. The van der Waals surface area contributed by atoms with Crippen molar-refractivity contribution in [2.75, 3.05) is 26.8 Å². The zero-order valence-electron chi connectivity index (χ0n) is 14.5. The van der Waals surface area contributed by atoms with Gasteiger partial charge < -0.3 is 19.7 Å². The lowest BCUT2D eigenvalue weighted by Gasteiger charge is -2.32. The molecule has 1 rings (SSSR count). The number of hydrogen-bond acceptors (Lipinski definition) is 5. The van der Waals surface area contributed by atoms with Crippen molar-refractivity contribution in [3.05, 3.63) is 0 Å². The number of ether oxygens (including phenoxy) is 2. The summed E-state index contributed by atoms with van der Waals surface area (Å²) in [5.41, 5.74) is 0. The molecule has 0 aromatic carbocycles. The van der Waals surface area contributed by atoms with Crippen LogP contribution in [-0.2, 0) is 19.1 Å². The van der Waals surface area contributed by atoms with Crippen LogP contribution in [0.15, 0.2) is 0 Å². The van der Waals surface area contributed by atoms with Crippen LogP contribution in [0.1, 0.15) is 40.0 Å². The van der Waals surface area contributed by atoms with Crippen LogP contribution in [0.2, 0.25) is 0 Å². The van der Waals surface area contributed by atoms with Gasteiger partial charge in [0, 0.05) is 13.1 Å². The Balaban J connectivity index is 2.55. The van der Waals surface area contributed by atoms with Gasteiger partial charge in [0.1, 0.15) is 6.04 Å². The van der Waals surface area contributed by atoms with Crippen molar-refractivity contribution in [2.45, 2.75) is 46.1 Å². The number of carbonyl (C=O) groups is 3. The van der Waals surface area contributed by atoms with E-state index in [1.807, 2.05) is 13.8 Å². The van der Waals surface area contributed by atoms with Gasteiger partial charge in [-0.05, 0) is 25.7 Å². The fraction of sp³-hybridized carbons (Fsp3) is 0.812. The van der Waals surface area contributed by atoms with Crippen molar-refractivity contribution >= 4 is 18.0 Å². The zero-order valence-corrected chi connectivity index (χ0v) is 14.5. The van der Waals surface area contributed by atoms with Gasteiger partial charge in [0.25, 0.3) is 0 Å². The van der Waals surface area contributed by atoms with Gasteiger partial charge in [-0.3, -0.25) is 4.79 Å². The Kier molecular flexibility index (Phi) is 7.85. The summed E-state index contributed by atoms with van der Waals surface area (Å²) in [6, 6.07) is -0.941. The van der Waals surface area contributed by atoms with Crippen LogP contribution >= 0.6 is 0 Å². The Hall–Kier alpha value is -1.79. The molecule has 0 aromatic rings. The van der Waals surface area contributed by atoms with Gasteiger partial charge in [-0.15, -0.1) is 0 Å². The predicted octanol–water partition coefficient (Wildman–Crippen LogP) is 1.56. The Morgan fingerprint density at radius 1 is 1.22 bits per heavy atom. The molecule has 132 valence electrons. The second kappa shape index (κ2) is 9.37. The second-order valence-corrected chi connectivity index (χ2v) is 5.85. The van der Waals surface area contributed by atoms with Gasteiger partial charge >= 0.3 is 18.0 Å². The molecule has 0 bridgehead atoms. The van der Waals surface area contributed by atoms with E-state index in [0.717, 1.165) is 6.42 Å². The van der Waals surface area contributed by atoms with E-state index in [1.54, 1.807) is 11.8 Å². The summed E-state index contributed by atoms with van der Waals surface area (Å²) in [5.74, 6) is -0.790. The number of carbonyl (C=O) groups excluding carboxylic acids is 3. The molecule has 0 unspecified atom stereocenters. The van der Waals surface area contributed by atoms with Crippen LogP contribution in [-0.4, -0.2) is 55.7 Å². The summed E-state index contributed by atoms with van der Waals surface area (Å²) >= 11 is 0. The molecule has 7 nitrogen and oxygen atoms in total. The van der Waals surface area contributed by atoms with E-state index in [0.29, 0.717) is 32.5 Å². The molecule has 1 saturated heterocycles. The average molecular weight is 328 g/mol. The van der Waals surface area contributed by atoms with Crippen molar-refractivity contribution in [1.29, 1.82) is 0 Å². The third-order valence-electron chi connectivity index (χ3n) is 4.35. The molecule has 1 aliphatic rings. The van der Waals surface area contributed by atoms with E-state index in [9.17, 15) is 14.4 Å². The number of rotatable bonds is 6. The molecule has 2 atom stereocenters. The summed E-state index contributed by atoms with van der Waals surface area (Å²) in [5, 5.41) is 2.75. The minimum absolute atomic E-state index is 0.0107. The van der Waals surface area contributed by atoms with Crippen molar-refractivity contribution in [3.63, 3.8) is 0 Å². The summed E-state index contributed by atoms with van der Waals surface area (Å²) in [6.07, 6.45) is 1.92. The molecule has 0 aliphatic carbocycles. The van der Waals surface area contributed by atoms with Crippen LogP contribution < -0.4 is 5.32 Å². The van der Waals surface area contributed by atoms with Crippen molar-refractivity contribution in [1.82, 2.24) is 10.2 Å². The minimum Gasteiger partial charge on any atom is -0.467 e. The Labute approximate surface area is 137 Å². The van der Waals surface area contributed by atoms with E-state index >= 15 is 0 Å². The molecule has 0 aromatic heterocycles. The van der Waals surface area contributed by atoms with Crippen LogP contribution in [0.3, 0.4) is 0 Å². The monoisotopic (exact) mass is 328 g/mol. The maximum atomic E-state index is 12.3. The molecule has 0 spiro atoms. The topological polar surface area (TPSA) is 84.9 Å². The Morgan fingerprint density at radius 3 is 2.30 bits per heavy atom. The number of nitrogens with zero attached hydrogens (tertiary/aromatic N) is 1. The normalized spacial score (nSPS) is 18.0. The van der Waals surface area contributed by atoms with Crippen molar-refractivity contribution in [3.8, 4) is 0 Å². The minimum atomic E-state index is -0.653. The molecule has 1 fully saturated rings. The van der Waals surface area contributed by atoms with E-state index < -0.39 is 12.0 Å². The third-order valence-corrected chi connectivity index (χ3v) is 4.35. The van der Waals surface area contributed by atoms with Crippen LogP contribution in [0.4, 0.5) is 4.79 Å². The molecule has 23 heavy (non-hydrogen) atoms. The summed E-state index contributed by atoms with van der Waals surface area (Å²) in [4.78, 5) is 37.5. The first kappa shape index (κ1) is 19.3. The summed E-state index contributed by atoms with van der Waals surface area (Å²) in [7, 11) is 1.31. The first-order valence-corrected chi connectivity index (χ1v) is 8.24. The average Bonchev–Trinajstić information content (AvgIpc) is 2.58. The van der Waals surface area contributed by atoms with Crippen LogP contribution in [0.25, 0.3) is 0 Å². The highest BCUT2D eigenvalue weighted by molar-refractivity contribution is 5.84. The molecule has 0 radical (unpaired) electrons. The molecule has 1 N–H and O–H groups in total. The lowest BCUT2D eigenvalue weighted by Crippen LogP contribution is -2.53. The quantitative estimate of drug-likeness (QED) is 0.748. The van der Waals surface area contributed by atoms with Crippen molar-refractivity contribution in [2.24, 2.45) is 11.8 Å². The first-order chi connectivity index (χ1) is 10.9. The van der Waals surface area contributed by atoms with Gasteiger partial charge in [-0.2, -0.15) is 0 Å². The molecular weight excluding hydrogens is 300 g/mol. The molecule has 1 aliphatic heterocycles. The third kappa shape index (κ3) is 5.41. The fourth-order valence-corrected chi connectivity index (χ4v) is 2.60. The second-order valence-electron chi connectivity index (χ2n) is 5.85. The molecular formula is C16H28N2O5. The molecule has 7 heteroatoms. The van der Waals surface area contributed by atoms with Crippen LogP contribution in [0, 0.1) is 11.8 Å². The van der Waals surface area contributed by atoms with E-state index in [4.69, 9.17) is 9.47 Å². The number of methoxy groups -OCH3 is 1. The van der Waals surface area contributed by atoms with E-state index in [1.165, 1.54) is 7.11 Å². The number of hydrogen-bond donors (Lipinski definition) is 1. The summed E-state index contributed by atoms with van der Waals surface area (Å²) in [6.45, 7) is 6.96. The van der Waals surface area contributed by atoms with Gasteiger partial charge in [-0.1, -0.05) is 20.3 Å². The number of likely N-dealkylation sites (tertiary alicyclic amines) is 1. The Bertz CT molecular complexity index is 419. The predicted molar refractivity (Wildman–Crippen MR) is 84.7 cm³/mol. The van der Waals surface area contributed by atoms with Crippen molar-refractivity contribution < 1.29 is 23.9 Å². The van der Waals surface area contributed by atoms with Gasteiger partial charge in [0.2, 0.25) is 0 Å². The molecule has 2 amide bonds. The Morgan fingerprint density at radius 2 is 1.83 bits per heavy atom. The van der Waals surface area contributed by atoms with Gasteiger partial charge in [-0.25, -0.2) is 9.59 Å². The van der Waals surface area contributed by atoms with Gasteiger partial charge in [0.15, 0.2) is 0 Å². The SMILES string of the molecule is CCOC(=O)C1CCN(C(=O)N[C@H](C(=O)OC)[C@@H](C)CC)CC1. The highest BCUT2D eigenvalue weighted by Gasteiger charge is 2.32. The molecule has 1 heterocycles. The first-order valence-electron chi connectivity index (χ1n) is 8.24. The number of esters is 2. The van der Waals surface area contributed by atoms with E-state index in [-0.39, 0.29) is 23.8 Å². The largest absolute Gasteiger partial charge is 0.467 e. The number of urea groups is 1. The lowest BCUT2D eigenvalue weighted by atomic mass is 9.97. The smallest absolute Gasteiger partial charge is 0.328 e. The maximum Gasteiger partial charge on any atom is 0.328 e. The van der Waals surface area contributed by atoms with Gasteiger partial charge in [0.05, 0.1) is 19.6 Å². The van der Waals surface area contributed by atoms with Crippen LogP contribution in [0.5, 0.6) is 0 Å². The maximum absolute atomic E-state index is 12.3. The molecule has 0 saturated carbocycles. The number of nitrogens with one attached hydrogen (secondary N) is 1. The van der Waals surface area contributed by atoms with E-state index in [2.05, 4.69) is 5.32 Å². The highest BCUT2D eigenvalue weighted by atomic mass is 16.5. The standard InChI is InChI=1S/C16H28N2O5/c1-5-11(3)13(15(20)22-4)17-16(21)18-9-7-12(8-10-18)14(19)23-6-2/h11-13H,5-10H2,1-4H3,(H,17,21)/t11-,13-/m0/s1. The highest BCUT2D eigenvalue weighted by Crippen LogP contribution is 2.19. The number of amides is 2. The fourth-order valence-electron chi connectivity index (χ4n) is 2.60. The summed E-state index contributed by atoms with van der Waals surface area (Å²) < 4.78 is 9.78. The lowest BCUT2D eigenvalue weighted by molar-refractivity contribution is -0.149.